The Morgan fingerprint density at radius 1 is 1.30 bits per heavy atom. The molecule has 1 unspecified atom stereocenters. The zero-order valence-corrected chi connectivity index (χ0v) is 15.1. The maximum Gasteiger partial charge on any atom is 0.326 e. The van der Waals surface area contributed by atoms with E-state index in [-0.39, 0.29) is 37.5 Å². The predicted molar refractivity (Wildman–Crippen MR) is 95.1 cm³/mol. The van der Waals surface area contributed by atoms with E-state index in [2.05, 4.69) is 5.10 Å². The van der Waals surface area contributed by atoms with Gasteiger partial charge in [-0.15, -0.1) is 0 Å². The van der Waals surface area contributed by atoms with E-state index in [0.717, 1.165) is 11.1 Å². The maximum atomic E-state index is 12.7. The number of nitro groups is 1. The molecular weight excluding hydrogens is 352 g/mol. The molecular formula is C18H20N4O5. The summed E-state index contributed by atoms with van der Waals surface area (Å²) >= 11 is 0. The van der Waals surface area contributed by atoms with Crippen molar-refractivity contribution in [2.75, 3.05) is 0 Å². The minimum atomic E-state index is -1.04. The molecule has 2 aromatic rings. The molecule has 0 spiro atoms. The summed E-state index contributed by atoms with van der Waals surface area (Å²) in [5, 5.41) is 24.7. The smallest absolute Gasteiger partial charge is 0.326 e. The van der Waals surface area contributed by atoms with Gasteiger partial charge in [-0.25, -0.2) is 4.79 Å². The Kier molecular flexibility index (Phi) is 4.93. The summed E-state index contributed by atoms with van der Waals surface area (Å²) in [6.45, 7) is 3.53. The normalized spacial score (nSPS) is 16.1. The molecule has 0 saturated carbocycles. The van der Waals surface area contributed by atoms with Gasteiger partial charge >= 0.3 is 11.7 Å². The van der Waals surface area contributed by atoms with E-state index in [0.29, 0.717) is 11.4 Å². The highest BCUT2D eigenvalue weighted by atomic mass is 16.6. The number of aryl methyl sites for hydroxylation is 2. The fourth-order valence-corrected chi connectivity index (χ4v) is 3.52. The van der Waals surface area contributed by atoms with Gasteiger partial charge in [-0.2, -0.15) is 5.10 Å². The Balaban J connectivity index is 1.76. The fraction of sp³-hybridized carbons (Fsp3) is 0.389. The zero-order valence-electron chi connectivity index (χ0n) is 15.1. The van der Waals surface area contributed by atoms with Gasteiger partial charge in [-0.05, 0) is 25.0 Å². The SMILES string of the molecule is Cc1nn(CCC(=O)N2Cc3ccccc3CC2C(=O)O)c(C)c1[N+](=O)[O-]. The first-order valence-corrected chi connectivity index (χ1v) is 8.57. The number of hydrogen-bond donors (Lipinski definition) is 1. The molecule has 142 valence electrons. The van der Waals surface area contributed by atoms with Gasteiger partial charge in [0.15, 0.2) is 0 Å². The van der Waals surface area contributed by atoms with Crippen molar-refractivity contribution in [3.63, 3.8) is 0 Å². The number of carboxylic acids is 1. The van der Waals surface area contributed by atoms with Crippen LogP contribution < -0.4 is 0 Å². The number of aromatic nitrogens is 2. The first-order chi connectivity index (χ1) is 12.8. The summed E-state index contributed by atoms with van der Waals surface area (Å²) in [5.41, 5.74) is 2.48. The van der Waals surface area contributed by atoms with E-state index in [1.54, 1.807) is 13.8 Å². The van der Waals surface area contributed by atoms with Crippen molar-refractivity contribution in [3.8, 4) is 0 Å². The molecule has 0 bridgehead atoms. The number of carbonyl (C=O) groups excluding carboxylic acids is 1. The molecule has 0 fully saturated rings. The van der Waals surface area contributed by atoms with E-state index in [1.807, 2.05) is 24.3 Å². The van der Waals surface area contributed by atoms with Crippen LogP contribution in [0.1, 0.15) is 28.9 Å². The quantitative estimate of drug-likeness (QED) is 0.632. The summed E-state index contributed by atoms with van der Waals surface area (Å²) in [5.74, 6) is -1.35. The lowest BCUT2D eigenvalue weighted by Crippen LogP contribution is -2.48. The molecule has 2 heterocycles. The molecule has 9 nitrogen and oxygen atoms in total. The van der Waals surface area contributed by atoms with Crippen LogP contribution in [0.4, 0.5) is 5.69 Å². The summed E-state index contributed by atoms with van der Waals surface area (Å²) in [6.07, 6.45) is 0.285. The number of hydrogen-bond acceptors (Lipinski definition) is 5. The molecule has 1 atom stereocenters. The molecule has 0 radical (unpaired) electrons. The third kappa shape index (κ3) is 3.53. The number of rotatable bonds is 5. The van der Waals surface area contributed by atoms with Crippen molar-refractivity contribution in [2.24, 2.45) is 0 Å². The number of amides is 1. The van der Waals surface area contributed by atoms with Gasteiger partial charge in [-0.1, -0.05) is 24.3 Å². The number of benzene rings is 1. The zero-order chi connectivity index (χ0) is 19.7. The predicted octanol–water partition coefficient (Wildman–Crippen LogP) is 1.84. The van der Waals surface area contributed by atoms with Gasteiger partial charge in [-0.3, -0.25) is 19.6 Å². The van der Waals surface area contributed by atoms with Gasteiger partial charge in [0, 0.05) is 19.4 Å². The highest BCUT2D eigenvalue weighted by molar-refractivity contribution is 5.84. The summed E-state index contributed by atoms with van der Waals surface area (Å²) in [7, 11) is 0. The number of fused-ring (bicyclic) bond motifs is 1. The summed E-state index contributed by atoms with van der Waals surface area (Å²) in [4.78, 5) is 36.3. The van der Waals surface area contributed by atoms with Crippen LogP contribution in [0.25, 0.3) is 0 Å². The number of nitrogens with zero attached hydrogens (tertiary/aromatic N) is 4. The third-order valence-corrected chi connectivity index (χ3v) is 4.92. The maximum absolute atomic E-state index is 12.7. The highest BCUT2D eigenvalue weighted by Crippen LogP contribution is 2.25. The van der Waals surface area contributed by atoms with Crippen LogP contribution in [0.5, 0.6) is 0 Å². The van der Waals surface area contributed by atoms with Crippen LogP contribution in [-0.4, -0.2) is 42.6 Å². The molecule has 9 heteroatoms. The van der Waals surface area contributed by atoms with Crippen LogP contribution in [0.3, 0.4) is 0 Å². The van der Waals surface area contributed by atoms with Crippen molar-refractivity contribution in [3.05, 3.63) is 56.9 Å². The van der Waals surface area contributed by atoms with Crippen LogP contribution in [0.15, 0.2) is 24.3 Å². The minimum Gasteiger partial charge on any atom is -0.480 e. The lowest BCUT2D eigenvalue weighted by Gasteiger charge is -2.34. The topological polar surface area (TPSA) is 119 Å². The number of carboxylic acid groups (broad SMARTS) is 1. The molecule has 0 saturated heterocycles. The van der Waals surface area contributed by atoms with Gasteiger partial charge in [0.2, 0.25) is 5.91 Å². The Bertz CT molecular complexity index is 920. The van der Waals surface area contributed by atoms with Gasteiger partial charge in [0.25, 0.3) is 0 Å². The minimum absolute atomic E-state index is 0.0189. The third-order valence-electron chi connectivity index (χ3n) is 4.92. The molecule has 3 rings (SSSR count). The second kappa shape index (κ2) is 7.18. The standard InChI is InChI=1S/C18H20N4O5/c1-11-17(22(26)27)12(2)21(19-11)8-7-16(23)20-10-14-6-4-3-5-13(14)9-15(20)18(24)25/h3-6,15H,7-10H2,1-2H3,(H,24,25). The van der Waals surface area contributed by atoms with E-state index in [1.165, 1.54) is 9.58 Å². The van der Waals surface area contributed by atoms with Crippen molar-refractivity contribution in [1.82, 2.24) is 14.7 Å². The van der Waals surface area contributed by atoms with E-state index < -0.39 is 16.9 Å². The Labute approximate surface area is 155 Å². The van der Waals surface area contributed by atoms with Crippen molar-refractivity contribution < 1.29 is 19.6 Å². The van der Waals surface area contributed by atoms with E-state index in [4.69, 9.17) is 0 Å². The summed E-state index contributed by atoms with van der Waals surface area (Å²) < 4.78 is 1.43. The van der Waals surface area contributed by atoms with Crippen molar-refractivity contribution in [2.45, 2.75) is 45.8 Å². The molecule has 0 aliphatic carbocycles. The Morgan fingerprint density at radius 3 is 2.56 bits per heavy atom. The Hall–Kier alpha value is -3.23. The molecule has 1 aromatic heterocycles. The molecule has 27 heavy (non-hydrogen) atoms. The van der Waals surface area contributed by atoms with Crippen molar-refractivity contribution >= 4 is 17.6 Å². The molecule has 1 N–H and O–H groups in total. The van der Waals surface area contributed by atoms with E-state index in [9.17, 15) is 24.8 Å². The highest BCUT2D eigenvalue weighted by Gasteiger charge is 2.34. The second-order valence-electron chi connectivity index (χ2n) is 6.60. The molecule has 1 aromatic carbocycles. The van der Waals surface area contributed by atoms with Gasteiger partial charge in [0.1, 0.15) is 17.4 Å². The largest absolute Gasteiger partial charge is 0.480 e. The second-order valence-corrected chi connectivity index (χ2v) is 6.60. The van der Waals surface area contributed by atoms with Gasteiger partial charge < -0.3 is 10.0 Å². The monoisotopic (exact) mass is 372 g/mol. The first-order valence-electron chi connectivity index (χ1n) is 8.57. The number of carbonyl (C=O) groups is 2. The average molecular weight is 372 g/mol. The molecule has 1 aliphatic rings. The van der Waals surface area contributed by atoms with Gasteiger partial charge in [0.05, 0.1) is 11.5 Å². The van der Waals surface area contributed by atoms with E-state index >= 15 is 0 Å². The van der Waals surface area contributed by atoms with Crippen LogP contribution in [-0.2, 0) is 29.1 Å². The first kappa shape index (κ1) is 18.6. The molecule has 1 aliphatic heterocycles. The fourth-order valence-electron chi connectivity index (χ4n) is 3.52. The lowest BCUT2D eigenvalue weighted by molar-refractivity contribution is -0.386. The van der Waals surface area contributed by atoms with Crippen LogP contribution in [0.2, 0.25) is 0 Å². The lowest BCUT2D eigenvalue weighted by atomic mass is 9.93. The van der Waals surface area contributed by atoms with Crippen LogP contribution in [0, 0.1) is 24.0 Å². The average Bonchev–Trinajstić information content (AvgIpc) is 2.92. The Morgan fingerprint density at radius 2 is 1.96 bits per heavy atom. The number of aliphatic carboxylic acids is 1. The molecule has 1 amide bonds. The van der Waals surface area contributed by atoms with Crippen molar-refractivity contribution in [1.29, 1.82) is 0 Å². The van der Waals surface area contributed by atoms with Crippen LogP contribution >= 0.6 is 0 Å². The summed E-state index contributed by atoms with van der Waals surface area (Å²) in [6, 6.07) is 6.56.